The summed E-state index contributed by atoms with van der Waals surface area (Å²) in [6.45, 7) is 5.24. The zero-order chi connectivity index (χ0) is 17.2. The number of H-pyrrole nitrogens is 1. The van der Waals surface area contributed by atoms with E-state index in [9.17, 15) is 4.79 Å². The minimum Gasteiger partial charge on any atom is -0.490 e. The summed E-state index contributed by atoms with van der Waals surface area (Å²) in [4.78, 5) is 13.6. The summed E-state index contributed by atoms with van der Waals surface area (Å²) < 4.78 is 11.3. The van der Waals surface area contributed by atoms with Crippen LogP contribution in [-0.4, -0.2) is 34.6 Å². The Hall–Kier alpha value is -2.90. The maximum Gasteiger partial charge on any atom is 0.271 e. The van der Waals surface area contributed by atoms with E-state index in [2.05, 4.69) is 32.6 Å². The Morgan fingerprint density at radius 3 is 2.92 bits per heavy atom. The average Bonchev–Trinajstić information content (AvgIpc) is 2.57. The number of nitrogens with zero attached hydrogens (tertiary/aromatic N) is 3. The average molecular weight is 331 g/mol. The third-order valence-corrected chi connectivity index (χ3v) is 2.98. The highest BCUT2D eigenvalue weighted by atomic mass is 16.5. The molecule has 1 aromatic heterocycles. The number of unbranched alkanes of at least 4 members (excludes halogenated alkanes) is 1. The largest absolute Gasteiger partial charge is 0.490 e. The molecule has 0 saturated carbocycles. The van der Waals surface area contributed by atoms with Gasteiger partial charge in [0.15, 0.2) is 11.5 Å². The maximum atomic E-state index is 11.1. The summed E-state index contributed by atoms with van der Waals surface area (Å²) in [6.07, 6.45) is 4.74. The van der Waals surface area contributed by atoms with Crippen molar-refractivity contribution < 1.29 is 9.47 Å². The lowest BCUT2D eigenvalue weighted by molar-refractivity contribution is 0.272. The van der Waals surface area contributed by atoms with Crippen LogP contribution in [0.25, 0.3) is 0 Å². The molecule has 0 atom stereocenters. The van der Waals surface area contributed by atoms with Crippen LogP contribution in [0.5, 0.6) is 11.5 Å². The van der Waals surface area contributed by atoms with Crippen molar-refractivity contribution in [1.82, 2.24) is 15.2 Å². The molecular weight excluding hydrogens is 310 g/mol. The molecule has 128 valence electrons. The fourth-order valence-corrected chi connectivity index (χ4v) is 1.85. The van der Waals surface area contributed by atoms with Gasteiger partial charge in [0.1, 0.15) is 6.20 Å². The normalized spacial score (nSPS) is 10.8. The fraction of sp³-hybridized carbons (Fsp3) is 0.375. The van der Waals surface area contributed by atoms with Gasteiger partial charge < -0.3 is 9.47 Å². The highest BCUT2D eigenvalue weighted by Gasteiger charge is 2.05. The molecule has 0 aliphatic heterocycles. The van der Waals surface area contributed by atoms with E-state index in [1.165, 1.54) is 0 Å². The summed E-state index contributed by atoms with van der Waals surface area (Å²) >= 11 is 0. The van der Waals surface area contributed by atoms with E-state index in [1.54, 1.807) is 6.21 Å². The molecule has 0 aliphatic carbocycles. The van der Waals surface area contributed by atoms with Crippen molar-refractivity contribution in [3.63, 3.8) is 0 Å². The van der Waals surface area contributed by atoms with Crippen molar-refractivity contribution in [2.75, 3.05) is 18.6 Å². The van der Waals surface area contributed by atoms with Gasteiger partial charge in [-0.2, -0.15) is 5.10 Å². The van der Waals surface area contributed by atoms with Crippen LogP contribution in [0.3, 0.4) is 0 Å². The van der Waals surface area contributed by atoms with E-state index < -0.39 is 0 Å². The Balaban J connectivity index is 2.05. The minimum atomic E-state index is -0.352. The number of benzene rings is 1. The number of aromatic nitrogens is 3. The summed E-state index contributed by atoms with van der Waals surface area (Å²) in [7, 11) is 0. The number of hydrazone groups is 1. The molecule has 8 nitrogen and oxygen atoms in total. The molecule has 1 heterocycles. The third-order valence-electron chi connectivity index (χ3n) is 2.98. The van der Waals surface area contributed by atoms with Gasteiger partial charge in [0.25, 0.3) is 5.56 Å². The van der Waals surface area contributed by atoms with Crippen LogP contribution in [0.15, 0.2) is 34.3 Å². The number of rotatable bonds is 9. The van der Waals surface area contributed by atoms with Crippen LogP contribution in [0.4, 0.5) is 5.95 Å². The SMILES string of the molecule is CCCCOc1ccc(/C=N/Nc2nncc(=O)[nH]2)cc1OCC. The van der Waals surface area contributed by atoms with Crippen molar-refractivity contribution in [2.24, 2.45) is 5.10 Å². The zero-order valence-corrected chi connectivity index (χ0v) is 13.8. The molecule has 1 aromatic carbocycles. The van der Waals surface area contributed by atoms with E-state index in [0.717, 1.165) is 24.6 Å². The van der Waals surface area contributed by atoms with E-state index >= 15 is 0 Å². The molecule has 2 rings (SSSR count). The monoisotopic (exact) mass is 331 g/mol. The molecule has 0 bridgehead atoms. The van der Waals surface area contributed by atoms with Crippen molar-refractivity contribution in [3.8, 4) is 11.5 Å². The molecular formula is C16H21N5O3. The molecule has 2 aromatic rings. The Kier molecular flexibility index (Phi) is 6.75. The van der Waals surface area contributed by atoms with E-state index in [1.807, 2.05) is 25.1 Å². The molecule has 2 N–H and O–H groups in total. The lowest BCUT2D eigenvalue weighted by atomic mass is 10.2. The van der Waals surface area contributed by atoms with E-state index in [0.29, 0.717) is 24.7 Å². The molecule has 0 radical (unpaired) electrons. The number of nitrogens with one attached hydrogen (secondary N) is 2. The predicted octanol–water partition coefficient (Wildman–Crippen LogP) is 2.19. The fourth-order valence-electron chi connectivity index (χ4n) is 1.85. The molecule has 8 heteroatoms. The van der Waals surface area contributed by atoms with Gasteiger partial charge >= 0.3 is 0 Å². The van der Waals surface area contributed by atoms with Crippen LogP contribution >= 0.6 is 0 Å². The Labute approximate surface area is 139 Å². The van der Waals surface area contributed by atoms with Gasteiger partial charge in [0.05, 0.1) is 19.4 Å². The molecule has 24 heavy (non-hydrogen) atoms. The number of aromatic amines is 1. The quantitative estimate of drug-likeness (QED) is 0.415. The van der Waals surface area contributed by atoms with Gasteiger partial charge in [-0.25, -0.2) is 5.43 Å². The third kappa shape index (κ3) is 5.38. The predicted molar refractivity (Wildman–Crippen MR) is 91.9 cm³/mol. The first-order chi connectivity index (χ1) is 11.7. The van der Waals surface area contributed by atoms with E-state index in [4.69, 9.17) is 9.47 Å². The van der Waals surface area contributed by atoms with Gasteiger partial charge in [0.2, 0.25) is 5.95 Å². The van der Waals surface area contributed by atoms with E-state index in [-0.39, 0.29) is 11.5 Å². The summed E-state index contributed by atoms with van der Waals surface area (Å²) in [5, 5.41) is 11.2. The highest BCUT2D eigenvalue weighted by Crippen LogP contribution is 2.28. The maximum absolute atomic E-state index is 11.1. The minimum absolute atomic E-state index is 0.170. The molecule has 0 fully saturated rings. The van der Waals surface area contributed by atoms with Gasteiger partial charge in [-0.05, 0) is 37.1 Å². The Morgan fingerprint density at radius 2 is 2.17 bits per heavy atom. The van der Waals surface area contributed by atoms with Crippen molar-refractivity contribution in [1.29, 1.82) is 0 Å². The molecule has 0 aliphatic rings. The second-order valence-electron chi connectivity index (χ2n) is 4.89. The molecule has 0 saturated heterocycles. The first-order valence-electron chi connectivity index (χ1n) is 7.83. The number of ether oxygens (including phenoxy) is 2. The highest BCUT2D eigenvalue weighted by molar-refractivity contribution is 5.81. The lowest BCUT2D eigenvalue weighted by Crippen LogP contribution is -2.10. The first kappa shape index (κ1) is 17.5. The van der Waals surface area contributed by atoms with Gasteiger partial charge in [-0.3, -0.25) is 9.78 Å². The number of hydrogen-bond donors (Lipinski definition) is 2. The standard InChI is InChI=1S/C16H21N5O3/c1-3-5-8-24-13-7-6-12(9-14(13)23-4-2)10-17-20-16-19-15(22)11-18-21-16/h6-7,9-11H,3-5,8H2,1-2H3,(H2,19,20,21,22)/b17-10+. The van der Waals surface area contributed by atoms with Crippen molar-refractivity contribution >= 4 is 12.2 Å². The topological polar surface area (TPSA) is 101 Å². The van der Waals surface area contributed by atoms with Gasteiger partial charge in [-0.15, -0.1) is 10.2 Å². The van der Waals surface area contributed by atoms with Gasteiger partial charge in [-0.1, -0.05) is 13.3 Å². The molecule has 0 amide bonds. The number of anilines is 1. The Morgan fingerprint density at radius 1 is 1.29 bits per heavy atom. The summed E-state index contributed by atoms with van der Waals surface area (Å²) in [6, 6.07) is 5.57. The van der Waals surface area contributed by atoms with Crippen LogP contribution in [0, 0.1) is 0 Å². The second-order valence-corrected chi connectivity index (χ2v) is 4.89. The Bertz CT molecular complexity index is 730. The number of hydrogen-bond acceptors (Lipinski definition) is 7. The molecule has 0 unspecified atom stereocenters. The first-order valence-corrected chi connectivity index (χ1v) is 7.83. The van der Waals surface area contributed by atoms with Gasteiger partial charge in [0, 0.05) is 0 Å². The zero-order valence-electron chi connectivity index (χ0n) is 13.8. The van der Waals surface area contributed by atoms with Crippen molar-refractivity contribution in [2.45, 2.75) is 26.7 Å². The van der Waals surface area contributed by atoms with Crippen LogP contribution in [-0.2, 0) is 0 Å². The smallest absolute Gasteiger partial charge is 0.271 e. The van der Waals surface area contributed by atoms with Crippen LogP contribution < -0.4 is 20.5 Å². The lowest BCUT2D eigenvalue weighted by Gasteiger charge is -2.12. The second kappa shape index (κ2) is 9.29. The van der Waals surface area contributed by atoms with Crippen LogP contribution in [0.1, 0.15) is 32.3 Å². The summed E-state index contributed by atoms with van der Waals surface area (Å²) in [5.41, 5.74) is 3.08. The van der Waals surface area contributed by atoms with Crippen molar-refractivity contribution in [3.05, 3.63) is 40.3 Å². The van der Waals surface area contributed by atoms with Crippen LogP contribution in [0.2, 0.25) is 0 Å². The summed E-state index contributed by atoms with van der Waals surface area (Å²) in [5.74, 6) is 1.56. The molecule has 0 spiro atoms.